The van der Waals surface area contributed by atoms with Crippen molar-refractivity contribution in [2.75, 3.05) is 17.3 Å². The maximum absolute atomic E-state index is 14.0. The first-order valence-electron chi connectivity index (χ1n) is 10.4. The molecule has 0 radical (unpaired) electrons. The second-order valence-electron chi connectivity index (χ2n) is 8.07. The molecule has 0 atom stereocenters. The van der Waals surface area contributed by atoms with E-state index in [1.54, 1.807) is 18.2 Å². The van der Waals surface area contributed by atoms with Crippen molar-refractivity contribution in [2.45, 2.75) is 33.6 Å². The Bertz CT molecular complexity index is 1300. The predicted octanol–water partition coefficient (Wildman–Crippen LogP) is 6.59. The first-order chi connectivity index (χ1) is 15.3. The van der Waals surface area contributed by atoms with Crippen molar-refractivity contribution in [1.82, 2.24) is 9.97 Å². The van der Waals surface area contributed by atoms with E-state index in [1.165, 1.54) is 23.0 Å². The predicted molar refractivity (Wildman–Crippen MR) is 130 cm³/mol. The van der Waals surface area contributed by atoms with Gasteiger partial charge in [-0.25, -0.2) is 14.4 Å². The summed E-state index contributed by atoms with van der Waals surface area (Å²) in [5, 5.41) is 3.50. The molecule has 2 heterocycles. The maximum Gasteiger partial charge on any atom is 0.266 e. The van der Waals surface area contributed by atoms with E-state index in [2.05, 4.69) is 48.4 Å². The second kappa shape index (κ2) is 8.67. The fraction of sp³-hybridized carbons (Fsp3) is 0.240. The molecule has 164 valence electrons. The van der Waals surface area contributed by atoms with Crippen LogP contribution in [0.15, 0.2) is 48.5 Å². The number of benzene rings is 2. The molecule has 0 saturated carbocycles. The van der Waals surface area contributed by atoms with Gasteiger partial charge in [-0.2, -0.15) is 0 Å². The Kier molecular flexibility index (Phi) is 5.93. The third kappa shape index (κ3) is 4.08. The molecule has 0 unspecified atom stereocenters. The molecule has 0 spiro atoms. The number of carbonyl (C=O) groups is 1. The number of amides is 1. The Labute approximate surface area is 190 Å². The van der Waals surface area contributed by atoms with Gasteiger partial charge in [-0.3, -0.25) is 4.79 Å². The molecule has 1 N–H and O–H groups in total. The number of thiophene rings is 1. The molecule has 0 saturated heterocycles. The molecule has 0 aliphatic heterocycles. The molecule has 4 aromatic rings. The van der Waals surface area contributed by atoms with E-state index < -0.39 is 5.82 Å². The normalized spacial score (nSPS) is 11.2. The Morgan fingerprint density at radius 1 is 1.06 bits per heavy atom. The second-order valence-corrected chi connectivity index (χ2v) is 9.07. The Morgan fingerprint density at radius 2 is 1.75 bits per heavy atom. The average molecular weight is 449 g/mol. The zero-order valence-electron chi connectivity index (χ0n) is 18.7. The quantitative estimate of drug-likeness (QED) is 0.374. The first kappa shape index (κ1) is 21.9. The third-order valence-electron chi connectivity index (χ3n) is 5.48. The summed E-state index contributed by atoms with van der Waals surface area (Å²) in [5.74, 6) is 0.990. The van der Waals surface area contributed by atoms with Crippen molar-refractivity contribution in [3.63, 3.8) is 0 Å². The highest BCUT2D eigenvalue weighted by Crippen LogP contribution is 2.38. The van der Waals surface area contributed by atoms with Crippen molar-refractivity contribution in [1.29, 1.82) is 0 Å². The van der Waals surface area contributed by atoms with Crippen LogP contribution in [0.5, 0.6) is 0 Å². The van der Waals surface area contributed by atoms with E-state index in [-0.39, 0.29) is 11.6 Å². The maximum atomic E-state index is 14.0. The molecule has 0 aliphatic rings. The van der Waals surface area contributed by atoms with E-state index in [0.717, 1.165) is 27.3 Å². The van der Waals surface area contributed by atoms with Gasteiger partial charge < -0.3 is 10.2 Å². The van der Waals surface area contributed by atoms with E-state index in [0.29, 0.717) is 16.6 Å². The lowest BCUT2D eigenvalue weighted by Gasteiger charge is -2.20. The topological polar surface area (TPSA) is 58.1 Å². The zero-order valence-corrected chi connectivity index (χ0v) is 19.5. The summed E-state index contributed by atoms with van der Waals surface area (Å²) in [6.45, 7) is 8.05. The number of halogens is 1. The fourth-order valence-electron chi connectivity index (χ4n) is 3.63. The molecule has 1 amide bonds. The number of aromatic nitrogens is 2. The van der Waals surface area contributed by atoms with E-state index in [4.69, 9.17) is 4.98 Å². The van der Waals surface area contributed by atoms with E-state index >= 15 is 0 Å². The molecule has 5 nitrogen and oxygen atoms in total. The van der Waals surface area contributed by atoms with Crippen LogP contribution < -0.4 is 10.2 Å². The van der Waals surface area contributed by atoms with Gasteiger partial charge in [0, 0.05) is 12.7 Å². The van der Waals surface area contributed by atoms with Crippen LogP contribution in [0, 0.1) is 19.7 Å². The van der Waals surface area contributed by atoms with Crippen LogP contribution in [0.4, 0.5) is 21.6 Å². The van der Waals surface area contributed by atoms with Crippen molar-refractivity contribution < 1.29 is 9.18 Å². The molecule has 7 heteroatoms. The number of anilines is 3. The van der Waals surface area contributed by atoms with Gasteiger partial charge in [-0.15, -0.1) is 11.3 Å². The molecule has 2 aromatic carbocycles. The van der Waals surface area contributed by atoms with E-state index in [9.17, 15) is 9.18 Å². The summed E-state index contributed by atoms with van der Waals surface area (Å²) < 4.78 is 14.0. The molecule has 0 fully saturated rings. The minimum Gasteiger partial charge on any atom is -0.329 e. The number of nitrogens with zero attached hydrogens (tertiary/aromatic N) is 3. The number of hydrogen-bond donors (Lipinski definition) is 1. The van der Waals surface area contributed by atoms with Crippen LogP contribution in [0.25, 0.3) is 10.2 Å². The number of nitrogens with one attached hydrogen (secondary N) is 1. The lowest BCUT2D eigenvalue weighted by atomic mass is 10.0. The summed E-state index contributed by atoms with van der Waals surface area (Å²) in [6.07, 6.45) is 0. The summed E-state index contributed by atoms with van der Waals surface area (Å²) in [6, 6.07) is 14.5. The molecule has 2 aromatic heterocycles. The van der Waals surface area contributed by atoms with Gasteiger partial charge in [-0.05, 0) is 55.2 Å². The zero-order chi connectivity index (χ0) is 23.0. The summed E-state index contributed by atoms with van der Waals surface area (Å²) >= 11 is 1.29. The van der Waals surface area contributed by atoms with Crippen molar-refractivity contribution >= 4 is 44.7 Å². The Morgan fingerprint density at radius 3 is 2.41 bits per heavy atom. The van der Waals surface area contributed by atoms with E-state index in [1.807, 2.05) is 25.8 Å². The number of fused-ring (bicyclic) bond motifs is 1. The highest BCUT2D eigenvalue weighted by Gasteiger charge is 2.23. The molecule has 0 bridgehead atoms. The third-order valence-corrected chi connectivity index (χ3v) is 6.66. The van der Waals surface area contributed by atoms with Crippen LogP contribution in [0.2, 0.25) is 0 Å². The standard InChI is InChI=1S/C25H25FN4OS/c1-14(2)17-10-12-18(13-11-17)30(5)23-21-15(3)22(32-25(21)28-16(4)27-23)24(31)29-20-9-7-6-8-19(20)26/h6-14H,1-5H3,(H,29,31). The smallest absolute Gasteiger partial charge is 0.266 e. The summed E-state index contributed by atoms with van der Waals surface area (Å²) in [4.78, 5) is 25.5. The molecular weight excluding hydrogens is 423 g/mol. The van der Waals surface area contributed by atoms with Gasteiger partial charge in [-0.1, -0.05) is 38.1 Å². The van der Waals surface area contributed by atoms with Crippen molar-refractivity contribution in [3.05, 3.63) is 76.2 Å². The van der Waals surface area contributed by atoms with Gasteiger partial charge in [0.05, 0.1) is 16.0 Å². The largest absolute Gasteiger partial charge is 0.329 e. The van der Waals surface area contributed by atoms with Crippen LogP contribution in [0.3, 0.4) is 0 Å². The number of aryl methyl sites for hydroxylation is 2. The molecular formula is C25H25FN4OS. The average Bonchev–Trinajstić information content (AvgIpc) is 3.10. The summed E-state index contributed by atoms with van der Waals surface area (Å²) in [5.41, 5.74) is 3.19. The summed E-state index contributed by atoms with van der Waals surface area (Å²) in [7, 11) is 1.96. The Hall–Kier alpha value is -3.32. The molecule has 0 aliphatic carbocycles. The number of hydrogen-bond acceptors (Lipinski definition) is 5. The number of para-hydroxylation sites is 1. The van der Waals surface area contributed by atoms with Gasteiger partial charge >= 0.3 is 0 Å². The lowest BCUT2D eigenvalue weighted by molar-refractivity contribution is 0.102. The first-order valence-corrected chi connectivity index (χ1v) is 11.2. The lowest BCUT2D eigenvalue weighted by Crippen LogP contribution is -2.14. The minimum atomic E-state index is -0.472. The van der Waals surface area contributed by atoms with Crippen LogP contribution in [0.1, 0.15) is 46.4 Å². The molecule has 4 rings (SSSR count). The minimum absolute atomic E-state index is 0.152. The van der Waals surface area contributed by atoms with Gasteiger partial charge in [0.15, 0.2) is 0 Å². The highest BCUT2D eigenvalue weighted by molar-refractivity contribution is 7.20. The SMILES string of the molecule is Cc1nc(N(C)c2ccc(C(C)C)cc2)c2c(C)c(C(=O)Nc3ccccc3F)sc2n1. The fourth-order valence-corrected chi connectivity index (χ4v) is 4.74. The van der Waals surface area contributed by atoms with Gasteiger partial charge in [0.1, 0.15) is 22.3 Å². The van der Waals surface area contributed by atoms with Crippen molar-refractivity contribution in [3.8, 4) is 0 Å². The van der Waals surface area contributed by atoms with Crippen LogP contribution >= 0.6 is 11.3 Å². The van der Waals surface area contributed by atoms with Crippen molar-refractivity contribution in [2.24, 2.45) is 0 Å². The monoisotopic (exact) mass is 448 g/mol. The molecule has 32 heavy (non-hydrogen) atoms. The highest BCUT2D eigenvalue weighted by atomic mass is 32.1. The van der Waals surface area contributed by atoms with Gasteiger partial charge in [0.25, 0.3) is 5.91 Å². The van der Waals surface area contributed by atoms with Crippen LogP contribution in [-0.2, 0) is 0 Å². The number of carbonyl (C=O) groups excluding carboxylic acids is 1. The Balaban J connectivity index is 1.75. The number of rotatable bonds is 5. The van der Waals surface area contributed by atoms with Gasteiger partial charge in [0.2, 0.25) is 0 Å². The van der Waals surface area contributed by atoms with Crippen LogP contribution in [-0.4, -0.2) is 22.9 Å².